The van der Waals surface area contributed by atoms with Gasteiger partial charge in [0, 0.05) is 6.61 Å². The predicted molar refractivity (Wildman–Crippen MR) is 46.2 cm³/mol. The standard InChI is InChI=1S/C9H16O4/c1-2-12-9(11)6-7(10)8-4-3-5-13-8/h7-8,10H,2-6H2,1H3. The Balaban J connectivity index is 2.22. The number of esters is 1. The zero-order valence-electron chi connectivity index (χ0n) is 7.86. The van der Waals surface area contributed by atoms with Gasteiger partial charge in [-0.15, -0.1) is 0 Å². The van der Waals surface area contributed by atoms with E-state index in [9.17, 15) is 9.90 Å². The molecule has 76 valence electrons. The molecular formula is C9H16O4. The molecule has 1 aliphatic heterocycles. The molecule has 0 saturated carbocycles. The molecule has 2 atom stereocenters. The van der Waals surface area contributed by atoms with E-state index in [-0.39, 0.29) is 18.5 Å². The van der Waals surface area contributed by atoms with Crippen LogP contribution >= 0.6 is 0 Å². The fourth-order valence-electron chi connectivity index (χ4n) is 1.43. The molecule has 0 aromatic rings. The van der Waals surface area contributed by atoms with Crippen LogP contribution < -0.4 is 0 Å². The van der Waals surface area contributed by atoms with Gasteiger partial charge in [0.05, 0.1) is 25.2 Å². The van der Waals surface area contributed by atoms with Crippen molar-refractivity contribution in [3.05, 3.63) is 0 Å². The zero-order chi connectivity index (χ0) is 9.68. The molecule has 1 fully saturated rings. The molecule has 0 radical (unpaired) electrons. The molecular weight excluding hydrogens is 172 g/mol. The van der Waals surface area contributed by atoms with Crippen LogP contribution in [-0.2, 0) is 14.3 Å². The van der Waals surface area contributed by atoms with E-state index in [0.717, 1.165) is 12.8 Å². The normalized spacial score (nSPS) is 24.3. The van der Waals surface area contributed by atoms with Crippen LogP contribution in [0, 0.1) is 0 Å². The van der Waals surface area contributed by atoms with Crippen LogP contribution in [-0.4, -0.2) is 36.5 Å². The van der Waals surface area contributed by atoms with Crippen molar-refractivity contribution >= 4 is 5.97 Å². The summed E-state index contributed by atoms with van der Waals surface area (Å²) in [5.74, 6) is -0.356. The van der Waals surface area contributed by atoms with Crippen LogP contribution in [0.4, 0.5) is 0 Å². The fourth-order valence-corrected chi connectivity index (χ4v) is 1.43. The summed E-state index contributed by atoms with van der Waals surface area (Å²) in [4.78, 5) is 11.0. The number of ether oxygens (including phenoxy) is 2. The Morgan fingerprint density at radius 3 is 3.08 bits per heavy atom. The van der Waals surface area contributed by atoms with Crippen LogP contribution in [0.15, 0.2) is 0 Å². The van der Waals surface area contributed by atoms with Crippen molar-refractivity contribution in [3.63, 3.8) is 0 Å². The number of carbonyl (C=O) groups is 1. The molecule has 13 heavy (non-hydrogen) atoms. The minimum absolute atomic E-state index is 0.0402. The third kappa shape index (κ3) is 3.32. The van der Waals surface area contributed by atoms with Gasteiger partial charge in [-0.2, -0.15) is 0 Å². The first-order chi connectivity index (χ1) is 6.24. The van der Waals surface area contributed by atoms with Gasteiger partial charge in [-0.3, -0.25) is 4.79 Å². The maximum atomic E-state index is 11.0. The highest BCUT2D eigenvalue weighted by atomic mass is 16.5. The lowest BCUT2D eigenvalue weighted by molar-refractivity contribution is -0.147. The van der Waals surface area contributed by atoms with E-state index in [1.165, 1.54) is 0 Å². The minimum atomic E-state index is -0.707. The predicted octanol–water partition coefficient (Wildman–Crippen LogP) is 0.480. The molecule has 0 bridgehead atoms. The van der Waals surface area contributed by atoms with E-state index < -0.39 is 6.10 Å². The highest BCUT2D eigenvalue weighted by molar-refractivity contribution is 5.69. The first-order valence-corrected chi connectivity index (χ1v) is 4.69. The molecule has 0 aliphatic carbocycles. The summed E-state index contributed by atoms with van der Waals surface area (Å²) in [6.07, 6.45) is 0.954. The highest BCUT2D eigenvalue weighted by Crippen LogP contribution is 2.17. The summed E-state index contributed by atoms with van der Waals surface area (Å²) < 4.78 is 9.95. The van der Waals surface area contributed by atoms with Gasteiger partial charge in [-0.25, -0.2) is 0 Å². The fraction of sp³-hybridized carbons (Fsp3) is 0.889. The number of aliphatic hydroxyl groups is 1. The van der Waals surface area contributed by atoms with E-state index in [1.807, 2.05) is 0 Å². The summed E-state index contributed by atoms with van der Waals surface area (Å²) in [6, 6.07) is 0. The quantitative estimate of drug-likeness (QED) is 0.652. The highest BCUT2D eigenvalue weighted by Gasteiger charge is 2.26. The zero-order valence-corrected chi connectivity index (χ0v) is 7.86. The van der Waals surface area contributed by atoms with Crippen molar-refractivity contribution < 1.29 is 19.4 Å². The number of aliphatic hydroxyl groups excluding tert-OH is 1. The third-order valence-electron chi connectivity index (χ3n) is 2.08. The Hall–Kier alpha value is -0.610. The van der Waals surface area contributed by atoms with Gasteiger partial charge in [0.1, 0.15) is 0 Å². The molecule has 4 nitrogen and oxygen atoms in total. The number of hydrogen-bond acceptors (Lipinski definition) is 4. The van der Waals surface area contributed by atoms with Gasteiger partial charge in [-0.05, 0) is 19.8 Å². The van der Waals surface area contributed by atoms with Crippen LogP contribution in [0.3, 0.4) is 0 Å². The molecule has 1 aliphatic rings. The molecule has 0 amide bonds. The van der Waals surface area contributed by atoms with Crippen molar-refractivity contribution in [1.82, 2.24) is 0 Å². The summed E-state index contributed by atoms with van der Waals surface area (Å²) in [5.41, 5.74) is 0. The largest absolute Gasteiger partial charge is 0.466 e. The Morgan fingerprint density at radius 1 is 1.77 bits per heavy atom. The van der Waals surface area contributed by atoms with E-state index in [1.54, 1.807) is 6.92 Å². The summed E-state index contributed by atoms with van der Waals surface area (Å²) in [6.45, 7) is 2.79. The van der Waals surface area contributed by atoms with E-state index in [2.05, 4.69) is 0 Å². The Labute approximate surface area is 77.8 Å². The maximum Gasteiger partial charge on any atom is 0.308 e. The second-order valence-electron chi connectivity index (χ2n) is 3.13. The van der Waals surface area contributed by atoms with Gasteiger partial charge < -0.3 is 14.6 Å². The first-order valence-electron chi connectivity index (χ1n) is 4.69. The molecule has 2 unspecified atom stereocenters. The van der Waals surface area contributed by atoms with Crippen molar-refractivity contribution in [2.75, 3.05) is 13.2 Å². The van der Waals surface area contributed by atoms with Crippen molar-refractivity contribution in [2.24, 2.45) is 0 Å². The SMILES string of the molecule is CCOC(=O)CC(O)C1CCCO1. The van der Waals surface area contributed by atoms with E-state index in [4.69, 9.17) is 9.47 Å². The lowest BCUT2D eigenvalue weighted by atomic mass is 10.1. The summed E-state index contributed by atoms with van der Waals surface area (Å²) in [7, 11) is 0. The second-order valence-corrected chi connectivity index (χ2v) is 3.13. The molecule has 0 aromatic heterocycles. The van der Waals surface area contributed by atoms with Crippen LogP contribution in [0.2, 0.25) is 0 Å². The van der Waals surface area contributed by atoms with Gasteiger partial charge in [-0.1, -0.05) is 0 Å². The smallest absolute Gasteiger partial charge is 0.308 e. The van der Waals surface area contributed by atoms with Crippen molar-refractivity contribution in [2.45, 2.75) is 38.4 Å². The van der Waals surface area contributed by atoms with E-state index in [0.29, 0.717) is 13.2 Å². The first kappa shape index (κ1) is 10.5. The Kier molecular flexibility index (Phi) is 4.18. The van der Waals surface area contributed by atoms with Gasteiger partial charge in [0.2, 0.25) is 0 Å². The summed E-state index contributed by atoms with van der Waals surface area (Å²) >= 11 is 0. The van der Waals surface area contributed by atoms with Gasteiger partial charge in [0.15, 0.2) is 0 Å². The lowest BCUT2D eigenvalue weighted by Gasteiger charge is -2.15. The van der Waals surface area contributed by atoms with Crippen LogP contribution in [0.5, 0.6) is 0 Å². The number of hydrogen-bond donors (Lipinski definition) is 1. The minimum Gasteiger partial charge on any atom is -0.466 e. The van der Waals surface area contributed by atoms with E-state index >= 15 is 0 Å². The molecule has 1 saturated heterocycles. The Morgan fingerprint density at radius 2 is 2.54 bits per heavy atom. The Bertz CT molecular complexity index is 163. The second kappa shape index (κ2) is 5.19. The monoisotopic (exact) mass is 188 g/mol. The average Bonchev–Trinajstić information content (AvgIpc) is 2.55. The molecule has 0 aromatic carbocycles. The topological polar surface area (TPSA) is 55.8 Å². The molecule has 1 N–H and O–H groups in total. The summed E-state index contributed by atoms with van der Waals surface area (Å²) in [5, 5.41) is 9.52. The maximum absolute atomic E-state index is 11.0. The molecule has 1 heterocycles. The average molecular weight is 188 g/mol. The van der Waals surface area contributed by atoms with Gasteiger partial charge in [0.25, 0.3) is 0 Å². The van der Waals surface area contributed by atoms with Crippen molar-refractivity contribution in [3.8, 4) is 0 Å². The molecule has 0 spiro atoms. The lowest BCUT2D eigenvalue weighted by Crippen LogP contribution is -2.28. The van der Waals surface area contributed by atoms with Crippen molar-refractivity contribution in [1.29, 1.82) is 0 Å². The van der Waals surface area contributed by atoms with Gasteiger partial charge >= 0.3 is 5.97 Å². The van der Waals surface area contributed by atoms with Crippen LogP contribution in [0.1, 0.15) is 26.2 Å². The molecule has 4 heteroatoms. The molecule has 1 rings (SSSR count). The number of rotatable bonds is 4. The van der Waals surface area contributed by atoms with Crippen LogP contribution in [0.25, 0.3) is 0 Å². The number of carbonyl (C=O) groups excluding carboxylic acids is 1. The third-order valence-corrected chi connectivity index (χ3v) is 2.08.